The molecule has 0 N–H and O–H groups in total. The summed E-state index contributed by atoms with van der Waals surface area (Å²) in [4.78, 5) is 11.6. The van der Waals surface area contributed by atoms with Crippen molar-refractivity contribution < 1.29 is 39.1 Å². The SMILES string of the molecule is CC.COc1cc([S-])cc(C(C)=O)c1.[Na+]. The molecule has 78 valence electrons. The van der Waals surface area contributed by atoms with Gasteiger partial charge < -0.3 is 17.4 Å². The molecule has 0 fully saturated rings. The van der Waals surface area contributed by atoms with Crippen molar-refractivity contribution in [1.29, 1.82) is 0 Å². The van der Waals surface area contributed by atoms with Gasteiger partial charge in [0.15, 0.2) is 5.78 Å². The predicted molar refractivity (Wildman–Crippen MR) is 60.0 cm³/mol. The summed E-state index contributed by atoms with van der Waals surface area (Å²) in [6.45, 7) is 5.50. The van der Waals surface area contributed by atoms with Crippen LogP contribution in [0.1, 0.15) is 31.1 Å². The van der Waals surface area contributed by atoms with Crippen molar-refractivity contribution in [3.05, 3.63) is 23.8 Å². The maximum atomic E-state index is 11.0. The largest absolute Gasteiger partial charge is 1.00 e. The molecule has 0 atom stereocenters. The summed E-state index contributed by atoms with van der Waals surface area (Å²) in [5, 5.41) is 0. The Morgan fingerprint density at radius 3 is 2.20 bits per heavy atom. The molecule has 0 spiro atoms. The summed E-state index contributed by atoms with van der Waals surface area (Å²) < 4.78 is 4.97. The van der Waals surface area contributed by atoms with Crippen molar-refractivity contribution in [3.8, 4) is 5.75 Å². The summed E-state index contributed by atoms with van der Waals surface area (Å²) in [5.74, 6) is 0.632. The maximum Gasteiger partial charge on any atom is 1.00 e. The van der Waals surface area contributed by atoms with Gasteiger partial charge in [-0.05, 0) is 19.1 Å². The van der Waals surface area contributed by atoms with Gasteiger partial charge in [0.2, 0.25) is 0 Å². The van der Waals surface area contributed by atoms with Crippen LogP contribution in [-0.2, 0) is 12.6 Å². The zero-order valence-corrected chi connectivity index (χ0v) is 12.8. The standard InChI is InChI=1S/C9H10O2S.C2H6.Na/c1-6(10)7-3-8(11-2)5-9(12)4-7;1-2;/h3-5,12H,1-2H3;1-2H3;/q;;+1/p-1. The van der Waals surface area contributed by atoms with Crippen LogP contribution in [0, 0.1) is 0 Å². The Kier molecular flexibility index (Phi) is 10.6. The number of methoxy groups -OCH3 is 1. The van der Waals surface area contributed by atoms with Crippen LogP contribution < -0.4 is 34.3 Å². The molecule has 0 radical (unpaired) electrons. The fourth-order valence-electron chi connectivity index (χ4n) is 0.893. The van der Waals surface area contributed by atoms with Gasteiger partial charge in [-0.25, -0.2) is 0 Å². The molecule has 0 saturated carbocycles. The van der Waals surface area contributed by atoms with Crippen molar-refractivity contribution in [1.82, 2.24) is 0 Å². The molecule has 2 nitrogen and oxygen atoms in total. The van der Waals surface area contributed by atoms with E-state index in [0.29, 0.717) is 16.2 Å². The molecule has 0 unspecified atom stereocenters. The van der Waals surface area contributed by atoms with E-state index in [4.69, 9.17) is 17.4 Å². The van der Waals surface area contributed by atoms with E-state index in [2.05, 4.69) is 0 Å². The van der Waals surface area contributed by atoms with Crippen LogP contribution in [0.2, 0.25) is 0 Å². The van der Waals surface area contributed by atoms with E-state index in [1.165, 1.54) is 6.92 Å². The van der Waals surface area contributed by atoms with Gasteiger partial charge in [-0.15, -0.1) is 0 Å². The second kappa shape index (κ2) is 9.16. The Hall–Kier alpha value is -0.0900. The summed E-state index contributed by atoms with van der Waals surface area (Å²) >= 11 is 4.94. The maximum absolute atomic E-state index is 11.0. The zero-order valence-electron chi connectivity index (χ0n) is 9.96. The van der Waals surface area contributed by atoms with Crippen LogP contribution in [0.5, 0.6) is 5.75 Å². The fraction of sp³-hybridized carbons (Fsp3) is 0.364. The zero-order chi connectivity index (χ0) is 11.1. The molecule has 1 aromatic rings. The molecule has 1 aromatic carbocycles. The van der Waals surface area contributed by atoms with Crippen LogP contribution >= 0.6 is 0 Å². The molecule has 1 rings (SSSR count). The summed E-state index contributed by atoms with van der Waals surface area (Å²) in [6, 6.07) is 5.06. The molecule has 0 aromatic heterocycles. The van der Waals surface area contributed by atoms with Crippen LogP contribution in [0.25, 0.3) is 0 Å². The molecule has 0 amide bonds. The third-order valence-electron chi connectivity index (χ3n) is 1.52. The number of benzene rings is 1. The Morgan fingerprint density at radius 1 is 1.27 bits per heavy atom. The Labute approximate surface area is 119 Å². The van der Waals surface area contributed by atoms with Gasteiger partial charge in [0, 0.05) is 5.56 Å². The first kappa shape index (κ1) is 17.3. The molecule has 0 saturated heterocycles. The van der Waals surface area contributed by atoms with E-state index in [0.717, 1.165) is 0 Å². The van der Waals surface area contributed by atoms with Gasteiger partial charge in [-0.2, -0.15) is 4.90 Å². The van der Waals surface area contributed by atoms with Gasteiger partial charge in [0.25, 0.3) is 0 Å². The molecule has 0 aliphatic rings. The number of ketones is 1. The van der Waals surface area contributed by atoms with E-state index in [1.807, 2.05) is 13.8 Å². The quantitative estimate of drug-likeness (QED) is 0.404. The number of Topliss-reactive ketones (excluding diaryl/α,β-unsaturated/α-hetero) is 1. The Bertz CT molecular complexity index is 313. The molecule has 0 heterocycles. The summed E-state index contributed by atoms with van der Waals surface area (Å²) in [7, 11) is 1.55. The molecule has 4 heteroatoms. The second-order valence-electron chi connectivity index (χ2n) is 2.45. The topological polar surface area (TPSA) is 26.3 Å². The third-order valence-corrected chi connectivity index (χ3v) is 1.76. The average molecular weight is 234 g/mol. The fourth-order valence-corrected chi connectivity index (χ4v) is 1.14. The molecule has 0 aliphatic carbocycles. The second-order valence-corrected chi connectivity index (χ2v) is 2.92. The number of carbonyl (C=O) groups is 1. The van der Waals surface area contributed by atoms with Crippen molar-refractivity contribution >= 4 is 18.4 Å². The number of rotatable bonds is 2. The van der Waals surface area contributed by atoms with Crippen molar-refractivity contribution in [2.75, 3.05) is 7.11 Å². The minimum Gasteiger partial charge on any atom is -0.780 e. The van der Waals surface area contributed by atoms with Crippen LogP contribution in [0.3, 0.4) is 0 Å². The number of hydrogen-bond acceptors (Lipinski definition) is 3. The normalized spacial score (nSPS) is 8.00. The molecular formula is C11H15NaO2S. The minimum atomic E-state index is 0. The monoisotopic (exact) mass is 234 g/mol. The van der Waals surface area contributed by atoms with E-state index < -0.39 is 0 Å². The number of carbonyl (C=O) groups excluding carboxylic acids is 1. The first-order chi connectivity index (χ1) is 6.63. The van der Waals surface area contributed by atoms with E-state index in [9.17, 15) is 4.79 Å². The van der Waals surface area contributed by atoms with Crippen molar-refractivity contribution in [3.63, 3.8) is 0 Å². The van der Waals surface area contributed by atoms with Gasteiger partial charge in [0.05, 0.1) is 7.11 Å². The average Bonchev–Trinajstić information content (AvgIpc) is 2.20. The van der Waals surface area contributed by atoms with E-state index in [-0.39, 0.29) is 35.3 Å². The Morgan fingerprint density at radius 2 is 1.80 bits per heavy atom. The minimum absolute atomic E-state index is 0. The number of hydrogen-bond donors (Lipinski definition) is 0. The first-order valence-electron chi connectivity index (χ1n) is 4.50. The molecule has 15 heavy (non-hydrogen) atoms. The Balaban J connectivity index is 0. The summed E-state index contributed by atoms with van der Waals surface area (Å²) in [6.07, 6.45) is 0. The van der Waals surface area contributed by atoms with Crippen molar-refractivity contribution in [2.24, 2.45) is 0 Å². The molecular weight excluding hydrogens is 219 g/mol. The van der Waals surface area contributed by atoms with E-state index in [1.54, 1.807) is 25.3 Å². The van der Waals surface area contributed by atoms with Crippen LogP contribution in [-0.4, -0.2) is 12.9 Å². The van der Waals surface area contributed by atoms with Crippen molar-refractivity contribution in [2.45, 2.75) is 25.7 Å². The number of ether oxygens (including phenoxy) is 1. The first-order valence-corrected chi connectivity index (χ1v) is 4.91. The summed E-state index contributed by atoms with van der Waals surface area (Å²) in [5.41, 5.74) is 0.597. The predicted octanol–water partition coefficient (Wildman–Crippen LogP) is -0.166. The van der Waals surface area contributed by atoms with Gasteiger partial charge >= 0.3 is 29.6 Å². The van der Waals surface area contributed by atoms with Gasteiger partial charge in [-0.1, -0.05) is 19.9 Å². The van der Waals surface area contributed by atoms with Crippen LogP contribution in [0.4, 0.5) is 0 Å². The molecule has 0 bridgehead atoms. The van der Waals surface area contributed by atoms with E-state index >= 15 is 0 Å². The van der Waals surface area contributed by atoms with Gasteiger partial charge in [-0.3, -0.25) is 4.79 Å². The van der Waals surface area contributed by atoms with Crippen LogP contribution in [0.15, 0.2) is 23.1 Å². The third kappa shape index (κ3) is 6.15. The smallest absolute Gasteiger partial charge is 0.780 e. The van der Waals surface area contributed by atoms with Gasteiger partial charge in [0.1, 0.15) is 5.75 Å². The molecule has 0 aliphatic heterocycles.